The average molecular weight is 366 g/mol. The first-order chi connectivity index (χ1) is 11.9. The lowest BCUT2D eigenvalue weighted by Gasteiger charge is -2.10. The first-order valence-corrected chi connectivity index (χ1v) is 9.07. The molecule has 2 aromatic rings. The topological polar surface area (TPSA) is 84.5 Å². The molecule has 0 aliphatic carbocycles. The van der Waals surface area contributed by atoms with Crippen LogP contribution >= 0.6 is 0 Å². The molecule has 2 aromatic carbocycles. The van der Waals surface area contributed by atoms with E-state index in [1.54, 1.807) is 7.11 Å². The van der Waals surface area contributed by atoms with Gasteiger partial charge >= 0.3 is 0 Å². The average Bonchev–Trinajstić information content (AvgIpc) is 2.60. The normalized spacial score (nSPS) is 11.1. The Balaban J connectivity index is 2.14. The summed E-state index contributed by atoms with van der Waals surface area (Å²) in [5.41, 5.74) is 0.0470. The lowest BCUT2D eigenvalue weighted by atomic mass is 10.2. The van der Waals surface area contributed by atoms with Gasteiger partial charge < -0.3 is 10.1 Å². The third-order valence-electron chi connectivity index (χ3n) is 3.34. The van der Waals surface area contributed by atoms with Crippen LogP contribution in [0.25, 0.3) is 0 Å². The van der Waals surface area contributed by atoms with Crippen LogP contribution in [0.15, 0.2) is 53.4 Å². The molecule has 0 saturated carbocycles. The van der Waals surface area contributed by atoms with Gasteiger partial charge in [0.1, 0.15) is 5.82 Å². The lowest BCUT2D eigenvalue weighted by Crippen LogP contribution is -2.25. The standard InChI is InChI=1S/C17H19FN2O4S/c1-24-11-5-10-19-17(21)13-6-4-7-14(12-13)25(22,23)20-16-9-3-2-8-15(16)18/h2-4,6-9,12,20H,5,10-11H2,1H3,(H,19,21). The van der Waals surface area contributed by atoms with Crippen LogP contribution in [-0.4, -0.2) is 34.6 Å². The van der Waals surface area contributed by atoms with Gasteiger partial charge in [-0.15, -0.1) is 0 Å². The van der Waals surface area contributed by atoms with Crippen molar-refractivity contribution in [2.24, 2.45) is 0 Å². The number of hydrogen-bond acceptors (Lipinski definition) is 4. The van der Waals surface area contributed by atoms with Gasteiger partial charge in [0, 0.05) is 25.8 Å². The van der Waals surface area contributed by atoms with Crippen molar-refractivity contribution < 1.29 is 22.3 Å². The van der Waals surface area contributed by atoms with Crippen molar-refractivity contribution in [2.75, 3.05) is 25.0 Å². The molecule has 0 radical (unpaired) electrons. The molecule has 0 aliphatic heterocycles. The summed E-state index contributed by atoms with van der Waals surface area (Å²) >= 11 is 0. The fourth-order valence-corrected chi connectivity index (χ4v) is 3.19. The molecule has 0 saturated heterocycles. The number of methoxy groups -OCH3 is 1. The second kappa shape index (κ2) is 8.59. The first-order valence-electron chi connectivity index (χ1n) is 7.58. The molecule has 0 aromatic heterocycles. The minimum absolute atomic E-state index is 0.125. The van der Waals surface area contributed by atoms with Crippen molar-refractivity contribution in [1.82, 2.24) is 5.32 Å². The Labute approximate surface area is 146 Å². The third kappa shape index (κ3) is 5.27. The molecular formula is C17H19FN2O4S. The predicted octanol–water partition coefficient (Wildman–Crippen LogP) is 2.39. The molecule has 0 heterocycles. The van der Waals surface area contributed by atoms with Crippen LogP contribution in [0.4, 0.5) is 10.1 Å². The van der Waals surface area contributed by atoms with Crippen molar-refractivity contribution >= 4 is 21.6 Å². The predicted molar refractivity (Wildman–Crippen MR) is 92.5 cm³/mol. The van der Waals surface area contributed by atoms with Crippen LogP contribution in [0.5, 0.6) is 0 Å². The number of ether oxygens (including phenoxy) is 1. The summed E-state index contributed by atoms with van der Waals surface area (Å²) in [6.45, 7) is 0.929. The Morgan fingerprint density at radius 3 is 2.64 bits per heavy atom. The summed E-state index contributed by atoms with van der Waals surface area (Å²) in [5.74, 6) is -1.07. The highest BCUT2D eigenvalue weighted by molar-refractivity contribution is 7.92. The fourth-order valence-electron chi connectivity index (χ4n) is 2.07. The van der Waals surface area contributed by atoms with Gasteiger partial charge in [-0.25, -0.2) is 12.8 Å². The van der Waals surface area contributed by atoms with E-state index in [1.165, 1.54) is 42.5 Å². The zero-order valence-corrected chi connectivity index (χ0v) is 14.5. The molecular weight excluding hydrogens is 347 g/mol. The highest BCUT2D eigenvalue weighted by Gasteiger charge is 2.18. The van der Waals surface area contributed by atoms with Crippen molar-refractivity contribution in [3.8, 4) is 0 Å². The molecule has 0 spiro atoms. The number of sulfonamides is 1. The van der Waals surface area contributed by atoms with E-state index < -0.39 is 15.8 Å². The Kier molecular flexibility index (Phi) is 6.49. The van der Waals surface area contributed by atoms with Gasteiger partial charge in [0.2, 0.25) is 0 Å². The number of halogens is 1. The van der Waals surface area contributed by atoms with Gasteiger partial charge in [0.25, 0.3) is 15.9 Å². The maximum atomic E-state index is 13.6. The number of nitrogens with one attached hydrogen (secondary N) is 2. The molecule has 8 heteroatoms. The number of anilines is 1. The molecule has 0 atom stereocenters. The van der Waals surface area contributed by atoms with E-state index in [9.17, 15) is 17.6 Å². The summed E-state index contributed by atoms with van der Waals surface area (Å²) < 4.78 is 45.5. The number of carbonyl (C=O) groups is 1. The van der Waals surface area contributed by atoms with Crippen LogP contribution in [0, 0.1) is 5.82 Å². The van der Waals surface area contributed by atoms with Crippen molar-refractivity contribution in [1.29, 1.82) is 0 Å². The van der Waals surface area contributed by atoms with Crippen molar-refractivity contribution in [3.05, 3.63) is 59.9 Å². The Morgan fingerprint density at radius 1 is 1.16 bits per heavy atom. The maximum absolute atomic E-state index is 13.6. The smallest absolute Gasteiger partial charge is 0.262 e. The summed E-state index contributed by atoms with van der Waals surface area (Å²) in [6.07, 6.45) is 0.648. The second-order valence-corrected chi connectivity index (χ2v) is 6.90. The molecule has 2 N–H and O–H groups in total. The minimum Gasteiger partial charge on any atom is -0.385 e. The number of para-hydroxylation sites is 1. The van der Waals surface area contributed by atoms with E-state index in [4.69, 9.17) is 4.74 Å². The van der Waals surface area contributed by atoms with Crippen molar-refractivity contribution in [2.45, 2.75) is 11.3 Å². The van der Waals surface area contributed by atoms with E-state index in [1.807, 2.05) is 0 Å². The molecule has 0 aliphatic rings. The van der Waals surface area contributed by atoms with Gasteiger partial charge in [-0.2, -0.15) is 0 Å². The van der Waals surface area contributed by atoms with Crippen LogP contribution < -0.4 is 10.0 Å². The lowest BCUT2D eigenvalue weighted by molar-refractivity contribution is 0.0948. The van der Waals surface area contributed by atoms with Crippen LogP contribution in [0.3, 0.4) is 0 Å². The molecule has 0 unspecified atom stereocenters. The molecule has 134 valence electrons. The van der Waals surface area contributed by atoms with E-state index in [2.05, 4.69) is 10.0 Å². The maximum Gasteiger partial charge on any atom is 0.262 e. The molecule has 25 heavy (non-hydrogen) atoms. The number of hydrogen-bond donors (Lipinski definition) is 2. The van der Waals surface area contributed by atoms with Gasteiger partial charge in [-0.05, 0) is 36.8 Å². The Morgan fingerprint density at radius 2 is 1.92 bits per heavy atom. The molecule has 1 amide bonds. The van der Waals surface area contributed by atoms with E-state index in [-0.39, 0.29) is 22.1 Å². The van der Waals surface area contributed by atoms with Crippen molar-refractivity contribution in [3.63, 3.8) is 0 Å². The Bertz CT molecular complexity index is 840. The van der Waals surface area contributed by atoms with Gasteiger partial charge in [0.05, 0.1) is 10.6 Å². The van der Waals surface area contributed by atoms with E-state index in [0.717, 1.165) is 6.07 Å². The molecule has 0 bridgehead atoms. The number of rotatable bonds is 8. The molecule has 0 fully saturated rings. The third-order valence-corrected chi connectivity index (χ3v) is 4.70. The monoisotopic (exact) mass is 366 g/mol. The highest BCUT2D eigenvalue weighted by atomic mass is 32.2. The number of carbonyl (C=O) groups excluding carboxylic acids is 1. The van der Waals surface area contributed by atoms with Gasteiger partial charge in [-0.3, -0.25) is 9.52 Å². The summed E-state index contributed by atoms with van der Waals surface area (Å²) in [5, 5.41) is 2.68. The van der Waals surface area contributed by atoms with E-state index >= 15 is 0 Å². The summed E-state index contributed by atoms with van der Waals surface area (Å²) in [7, 11) is -2.44. The van der Waals surface area contributed by atoms with E-state index in [0.29, 0.717) is 19.6 Å². The largest absolute Gasteiger partial charge is 0.385 e. The summed E-state index contributed by atoms with van der Waals surface area (Å²) in [6, 6.07) is 11.0. The molecule has 6 nitrogen and oxygen atoms in total. The zero-order valence-electron chi connectivity index (χ0n) is 13.7. The van der Waals surface area contributed by atoms with Gasteiger partial charge in [0.15, 0.2) is 0 Å². The summed E-state index contributed by atoms with van der Waals surface area (Å²) in [4.78, 5) is 11.9. The SMILES string of the molecule is COCCCNC(=O)c1cccc(S(=O)(=O)Nc2ccccc2F)c1. The highest BCUT2D eigenvalue weighted by Crippen LogP contribution is 2.19. The number of benzene rings is 2. The first kappa shape index (κ1) is 18.9. The quantitative estimate of drug-likeness (QED) is 0.703. The van der Waals surface area contributed by atoms with Crippen LogP contribution in [-0.2, 0) is 14.8 Å². The van der Waals surface area contributed by atoms with Gasteiger partial charge in [-0.1, -0.05) is 18.2 Å². The number of amides is 1. The second-order valence-electron chi connectivity index (χ2n) is 5.22. The Hall–Kier alpha value is -2.45. The zero-order chi connectivity index (χ0) is 18.3. The minimum atomic E-state index is -4.01. The van der Waals surface area contributed by atoms with Crippen LogP contribution in [0.2, 0.25) is 0 Å². The van der Waals surface area contributed by atoms with Crippen LogP contribution in [0.1, 0.15) is 16.8 Å². The molecule has 2 rings (SSSR count). The fraction of sp³-hybridized carbons (Fsp3) is 0.235.